The lowest BCUT2D eigenvalue weighted by Gasteiger charge is -2.15. The molecule has 0 saturated carbocycles. The molecule has 0 amide bonds. The highest BCUT2D eigenvalue weighted by Gasteiger charge is 2.07. The van der Waals surface area contributed by atoms with Crippen LogP contribution in [0.1, 0.15) is 42.7 Å². The van der Waals surface area contributed by atoms with Crippen molar-refractivity contribution in [2.75, 3.05) is 13.6 Å². The molecule has 1 atom stereocenters. The summed E-state index contributed by atoms with van der Waals surface area (Å²) in [6, 6.07) is 12.7. The van der Waals surface area contributed by atoms with Gasteiger partial charge in [0.25, 0.3) is 0 Å². The van der Waals surface area contributed by atoms with Crippen LogP contribution in [-0.2, 0) is 17.9 Å². The van der Waals surface area contributed by atoms with E-state index in [1.807, 2.05) is 0 Å². The fraction of sp³-hybridized carbons (Fsp3) is 0.450. The smallest absolute Gasteiger partial charge is 0.191 e. The van der Waals surface area contributed by atoms with Gasteiger partial charge in [0.1, 0.15) is 0 Å². The van der Waals surface area contributed by atoms with Gasteiger partial charge in [0.2, 0.25) is 0 Å². The normalized spacial score (nSPS) is 13.1. The molecule has 0 aliphatic carbocycles. The molecule has 2 aromatic rings. The number of thiophene rings is 1. The van der Waals surface area contributed by atoms with Gasteiger partial charge in [-0.1, -0.05) is 37.3 Å². The maximum Gasteiger partial charge on any atom is 0.191 e. The van der Waals surface area contributed by atoms with E-state index in [9.17, 15) is 0 Å². The van der Waals surface area contributed by atoms with Gasteiger partial charge in [-0.2, -0.15) is 0 Å². The summed E-state index contributed by atoms with van der Waals surface area (Å²) in [7, 11) is 1.80. The van der Waals surface area contributed by atoms with Crippen LogP contribution in [0.25, 0.3) is 0 Å². The lowest BCUT2D eigenvalue weighted by molar-refractivity contribution is 0.0657. The van der Waals surface area contributed by atoms with Crippen molar-refractivity contribution in [1.29, 1.82) is 0 Å². The number of ether oxygens (including phenoxy) is 1. The maximum absolute atomic E-state index is 5.67. The molecule has 0 bridgehead atoms. The van der Waals surface area contributed by atoms with Crippen LogP contribution in [0.5, 0.6) is 0 Å². The van der Waals surface area contributed by atoms with E-state index in [1.54, 1.807) is 18.4 Å². The highest BCUT2D eigenvalue weighted by molar-refractivity contribution is 7.10. The van der Waals surface area contributed by atoms with Gasteiger partial charge in [-0.25, -0.2) is 0 Å². The summed E-state index contributed by atoms with van der Waals surface area (Å²) >= 11 is 1.80. The quantitative estimate of drug-likeness (QED) is 0.550. The second-order valence-electron chi connectivity index (χ2n) is 6.40. The molecule has 0 aliphatic rings. The van der Waals surface area contributed by atoms with Crippen molar-refractivity contribution in [1.82, 2.24) is 10.6 Å². The molecule has 1 aromatic carbocycles. The number of rotatable bonds is 8. The summed E-state index contributed by atoms with van der Waals surface area (Å²) in [5, 5.41) is 8.90. The molecule has 2 rings (SSSR count). The minimum atomic E-state index is 0.246. The van der Waals surface area contributed by atoms with Crippen LogP contribution in [0, 0.1) is 0 Å². The third-order valence-corrected chi connectivity index (χ3v) is 4.97. The van der Waals surface area contributed by atoms with Gasteiger partial charge >= 0.3 is 0 Å². The number of guanidine groups is 1. The number of aliphatic imine (C=N–C) groups is 1. The van der Waals surface area contributed by atoms with Crippen molar-refractivity contribution in [2.45, 2.75) is 45.9 Å². The monoisotopic (exact) mass is 359 g/mol. The van der Waals surface area contributed by atoms with Gasteiger partial charge in [0.15, 0.2) is 5.96 Å². The molecule has 0 radical (unpaired) electrons. The van der Waals surface area contributed by atoms with Crippen LogP contribution in [0.2, 0.25) is 0 Å². The highest BCUT2D eigenvalue weighted by atomic mass is 32.1. The molecular formula is C20H29N3OS. The third kappa shape index (κ3) is 6.88. The van der Waals surface area contributed by atoms with Gasteiger partial charge in [-0.15, -0.1) is 11.3 Å². The minimum absolute atomic E-state index is 0.246. The highest BCUT2D eigenvalue weighted by Crippen LogP contribution is 2.19. The van der Waals surface area contributed by atoms with E-state index in [1.165, 1.54) is 16.0 Å². The summed E-state index contributed by atoms with van der Waals surface area (Å²) in [5.41, 5.74) is 2.42. The van der Waals surface area contributed by atoms with E-state index in [2.05, 4.69) is 78.2 Å². The first kappa shape index (κ1) is 19.5. The van der Waals surface area contributed by atoms with Gasteiger partial charge in [0.05, 0.1) is 12.7 Å². The van der Waals surface area contributed by atoms with Gasteiger partial charge in [0, 0.05) is 30.9 Å². The Morgan fingerprint density at radius 1 is 1.12 bits per heavy atom. The molecular weight excluding hydrogens is 330 g/mol. The zero-order valence-electron chi connectivity index (χ0n) is 15.6. The van der Waals surface area contributed by atoms with Gasteiger partial charge < -0.3 is 15.4 Å². The van der Waals surface area contributed by atoms with E-state index in [0.717, 1.165) is 19.0 Å². The Morgan fingerprint density at radius 3 is 2.60 bits per heavy atom. The van der Waals surface area contributed by atoms with E-state index < -0.39 is 0 Å². The Morgan fingerprint density at radius 2 is 1.92 bits per heavy atom. The van der Waals surface area contributed by atoms with Crippen LogP contribution in [0.15, 0.2) is 46.8 Å². The van der Waals surface area contributed by atoms with Gasteiger partial charge in [-0.3, -0.25) is 4.99 Å². The Hall–Kier alpha value is -1.85. The predicted octanol–water partition coefficient (Wildman–Crippen LogP) is 4.14. The van der Waals surface area contributed by atoms with Gasteiger partial charge in [-0.05, 0) is 36.4 Å². The van der Waals surface area contributed by atoms with E-state index in [-0.39, 0.29) is 6.10 Å². The topological polar surface area (TPSA) is 45.7 Å². The van der Waals surface area contributed by atoms with Crippen molar-refractivity contribution < 1.29 is 4.74 Å². The lowest BCUT2D eigenvalue weighted by atomic mass is 10.1. The third-order valence-electron chi connectivity index (χ3n) is 3.86. The second kappa shape index (κ2) is 10.2. The van der Waals surface area contributed by atoms with Crippen LogP contribution in [-0.4, -0.2) is 25.7 Å². The Kier molecular flexibility index (Phi) is 7.95. The molecule has 1 heterocycles. The van der Waals surface area contributed by atoms with E-state index in [0.29, 0.717) is 12.5 Å². The fourth-order valence-electron chi connectivity index (χ4n) is 2.42. The molecule has 25 heavy (non-hydrogen) atoms. The standard InChI is InChI=1S/C20H29N3OS/c1-15(2)24-14-18-8-5-7-17(11-18)13-23-20(21-4)22-12-16(3)19-9-6-10-25-19/h5-11,15-16H,12-14H2,1-4H3,(H2,21,22,23). The summed E-state index contributed by atoms with van der Waals surface area (Å²) < 4.78 is 5.67. The largest absolute Gasteiger partial charge is 0.374 e. The number of nitrogens with zero attached hydrogens (tertiary/aromatic N) is 1. The van der Waals surface area contributed by atoms with E-state index in [4.69, 9.17) is 4.74 Å². The van der Waals surface area contributed by atoms with Crippen molar-refractivity contribution >= 4 is 17.3 Å². The van der Waals surface area contributed by atoms with Crippen molar-refractivity contribution in [3.63, 3.8) is 0 Å². The first-order valence-electron chi connectivity index (χ1n) is 8.75. The summed E-state index contributed by atoms with van der Waals surface area (Å²) in [5.74, 6) is 1.29. The van der Waals surface area contributed by atoms with Crippen LogP contribution in [0.4, 0.5) is 0 Å². The number of nitrogens with one attached hydrogen (secondary N) is 2. The average Bonchev–Trinajstić information content (AvgIpc) is 3.15. The SMILES string of the molecule is CN=C(NCc1cccc(COC(C)C)c1)NCC(C)c1cccs1. The van der Waals surface area contributed by atoms with Crippen LogP contribution in [0.3, 0.4) is 0 Å². The Labute approximate surface area is 155 Å². The van der Waals surface area contributed by atoms with Crippen molar-refractivity contribution in [3.8, 4) is 0 Å². The van der Waals surface area contributed by atoms with Crippen LogP contribution < -0.4 is 10.6 Å². The first-order valence-corrected chi connectivity index (χ1v) is 9.63. The molecule has 136 valence electrons. The number of hydrogen-bond acceptors (Lipinski definition) is 3. The Bertz CT molecular complexity index is 653. The average molecular weight is 360 g/mol. The van der Waals surface area contributed by atoms with Crippen LogP contribution >= 0.6 is 11.3 Å². The molecule has 0 fully saturated rings. The maximum atomic E-state index is 5.67. The first-order chi connectivity index (χ1) is 12.1. The fourth-order valence-corrected chi connectivity index (χ4v) is 3.21. The molecule has 0 aliphatic heterocycles. The zero-order chi connectivity index (χ0) is 18.1. The molecule has 4 nitrogen and oxygen atoms in total. The summed E-state index contributed by atoms with van der Waals surface area (Å²) in [6.07, 6.45) is 0.246. The zero-order valence-corrected chi connectivity index (χ0v) is 16.4. The molecule has 0 spiro atoms. The molecule has 5 heteroatoms. The number of hydrogen-bond donors (Lipinski definition) is 2. The number of benzene rings is 1. The lowest BCUT2D eigenvalue weighted by Crippen LogP contribution is -2.38. The second-order valence-corrected chi connectivity index (χ2v) is 7.38. The van der Waals surface area contributed by atoms with E-state index >= 15 is 0 Å². The van der Waals surface area contributed by atoms with Crippen molar-refractivity contribution in [2.24, 2.45) is 4.99 Å². The summed E-state index contributed by atoms with van der Waals surface area (Å²) in [6.45, 7) is 8.59. The van der Waals surface area contributed by atoms with Crippen molar-refractivity contribution in [3.05, 3.63) is 57.8 Å². The predicted molar refractivity (Wildman–Crippen MR) is 107 cm³/mol. The molecule has 1 unspecified atom stereocenters. The molecule has 0 saturated heterocycles. The minimum Gasteiger partial charge on any atom is -0.374 e. The summed E-state index contributed by atoms with van der Waals surface area (Å²) in [4.78, 5) is 5.70. The molecule has 1 aromatic heterocycles. The Balaban J connectivity index is 1.81. The molecule has 2 N–H and O–H groups in total.